The molecule has 1 saturated heterocycles. The van der Waals surface area contributed by atoms with Crippen LogP contribution in [-0.4, -0.2) is 35.3 Å². The van der Waals surface area contributed by atoms with Crippen LogP contribution in [0, 0.1) is 5.92 Å². The molecule has 0 spiro atoms. The number of ether oxygens (including phenoxy) is 1. The lowest BCUT2D eigenvalue weighted by atomic mass is 10.0. The predicted octanol–water partition coefficient (Wildman–Crippen LogP) is -0.270. The number of hydrazone groups is 1. The average Bonchev–Trinajstić information content (AvgIpc) is 2.60. The molecular weight excluding hydrogens is 214 g/mol. The van der Waals surface area contributed by atoms with Gasteiger partial charge in [-0.25, -0.2) is 0 Å². The number of rotatable bonds is 3. The van der Waals surface area contributed by atoms with Crippen LogP contribution < -0.4 is 5.43 Å². The third kappa shape index (κ3) is 2.18. The van der Waals surface area contributed by atoms with Gasteiger partial charge in [0.25, 0.3) is 0 Å². The van der Waals surface area contributed by atoms with E-state index in [1.165, 1.54) is 0 Å². The van der Waals surface area contributed by atoms with E-state index in [-0.39, 0.29) is 24.9 Å². The van der Waals surface area contributed by atoms with Crippen molar-refractivity contribution in [3.63, 3.8) is 0 Å². The van der Waals surface area contributed by atoms with Gasteiger partial charge in [-0.2, -0.15) is 0 Å². The summed E-state index contributed by atoms with van der Waals surface area (Å²) in [6, 6.07) is 0. The lowest BCUT2D eigenvalue weighted by Gasteiger charge is -2.16. The van der Waals surface area contributed by atoms with Gasteiger partial charge in [0.1, 0.15) is 5.84 Å². The molecule has 1 fully saturated rings. The van der Waals surface area contributed by atoms with E-state index in [4.69, 9.17) is 9.84 Å². The molecule has 16 heavy (non-hydrogen) atoms. The lowest BCUT2D eigenvalue weighted by Crippen LogP contribution is -2.31. The average molecular weight is 225 g/mol. The number of carboxylic acid groups (broad SMARTS) is 1. The zero-order chi connectivity index (χ0) is 11.5. The fourth-order valence-corrected chi connectivity index (χ4v) is 1.59. The van der Waals surface area contributed by atoms with E-state index in [1.54, 1.807) is 0 Å². The molecule has 0 aromatic rings. The Morgan fingerprint density at radius 3 is 3.25 bits per heavy atom. The summed E-state index contributed by atoms with van der Waals surface area (Å²) in [7, 11) is 0. The standard InChI is InChI=1S/C9H11N3O4/c13-6(14)3-4-10-8-5-1-2-7(15)16-9(5)12-11-8/h5H,1-4H2,(H,10,11)(H,13,14). The molecule has 2 aliphatic heterocycles. The van der Waals surface area contributed by atoms with E-state index in [9.17, 15) is 9.59 Å². The summed E-state index contributed by atoms with van der Waals surface area (Å²) in [5, 5.41) is 12.3. The van der Waals surface area contributed by atoms with Gasteiger partial charge in [0.2, 0.25) is 5.90 Å². The Balaban J connectivity index is 1.95. The van der Waals surface area contributed by atoms with E-state index in [1.807, 2.05) is 0 Å². The van der Waals surface area contributed by atoms with Gasteiger partial charge in [0, 0.05) is 6.42 Å². The second-order valence-electron chi connectivity index (χ2n) is 3.54. The number of aliphatic imine (C=N–C) groups is 1. The smallest absolute Gasteiger partial charge is 0.312 e. The summed E-state index contributed by atoms with van der Waals surface area (Å²) in [4.78, 5) is 25.4. The van der Waals surface area contributed by atoms with Crippen LogP contribution >= 0.6 is 0 Å². The third-order valence-electron chi connectivity index (χ3n) is 2.37. The number of amidine groups is 1. The molecule has 7 heteroatoms. The van der Waals surface area contributed by atoms with Gasteiger partial charge in [-0.15, -0.1) is 5.10 Å². The highest BCUT2D eigenvalue weighted by molar-refractivity contribution is 6.10. The SMILES string of the molecule is O=C(O)CCN=C1NN=C2OC(=O)CCC12. The molecular formula is C9H11N3O4. The molecule has 2 aliphatic rings. The first-order valence-electron chi connectivity index (χ1n) is 4.97. The first kappa shape index (κ1) is 10.6. The summed E-state index contributed by atoms with van der Waals surface area (Å²) >= 11 is 0. The zero-order valence-corrected chi connectivity index (χ0v) is 8.47. The minimum Gasteiger partial charge on any atom is -0.481 e. The maximum absolute atomic E-state index is 11.0. The maximum Gasteiger partial charge on any atom is 0.312 e. The van der Waals surface area contributed by atoms with Gasteiger partial charge >= 0.3 is 11.9 Å². The van der Waals surface area contributed by atoms with Gasteiger partial charge in [-0.3, -0.25) is 20.0 Å². The number of hydrogen-bond donors (Lipinski definition) is 2. The summed E-state index contributed by atoms with van der Waals surface area (Å²) in [5.74, 6) is -0.372. The normalized spacial score (nSPS) is 25.8. The van der Waals surface area contributed by atoms with Crippen molar-refractivity contribution in [2.24, 2.45) is 16.0 Å². The topological polar surface area (TPSA) is 100 Å². The van der Waals surface area contributed by atoms with Crippen LogP contribution in [0.15, 0.2) is 10.1 Å². The second kappa shape index (κ2) is 4.30. The fraction of sp³-hybridized carbons (Fsp3) is 0.556. The summed E-state index contributed by atoms with van der Waals surface area (Å²) in [6.45, 7) is 0.199. The van der Waals surface area contributed by atoms with Gasteiger partial charge < -0.3 is 9.84 Å². The zero-order valence-electron chi connectivity index (χ0n) is 8.47. The Morgan fingerprint density at radius 2 is 2.50 bits per heavy atom. The van der Waals surface area contributed by atoms with Crippen LogP contribution in [0.25, 0.3) is 0 Å². The molecule has 2 rings (SSSR count). The van der Waals surface area contributed by atoms with Crippen molar-refractivity contribution in [3.8, 4) is 0 Å². The largest absolute Gasteiger partial charge is 0.481 e. The first-order chi connectivity index (χ1) is 7.66. The number of carbonyl (C=O) groups excluding carboxylic acids is 1. The van der Waals surface area contributed by atoms with Crippen molar-refractivity contribution in [1.29, 1.82) is 0 Å². The summed E-state index contributed by atoms with van der Waals surface area (Å²) in [5.41, 5.74) is 2.66. The Morgan fingerprint density at radius 1 is 1.69 bits per heavy atom. The number of esters is 1. The second-order valence-corrected chi connectivity index (χ2v) is 3.54. The number of carbonyl (C=O) groups is 2. The molecule has 1 unspecified atom stereocenters. The number of nitrogens with zero attached hydrogens (tertiary/aromatic N) is 2. The Labute approximate surface area is 91.2 Å². The number of hydrogen-bond acceptors (Lipinski definition) is 5. The van der Waals surface area contributed by atoms with E-state index >= 15 is 0 Å². The van der Waals surface area contributed by atoms with Crippen LogP contribution in [0.4, 0.5) is 0 Å². The molecule has 0 aromatic carbocycles. The highest BCUT2D eigenvalue weighted by Crippen LogP contribution is 2.21. The van der Waals surface area contributed by atoms with Crippen molar-refractivity contribution < 1.29 is 19.4 Å². The number of carboxylic acids is 1. The molecule has 0 aromatic heterocycles. The molecule has 0 saturated carbocycles. The van der Waals surface area contributed by atoms with Crippen molar-refractivity contribution in [3.05, 3.63) is 0 Å². The van der Waals surface area contributed by atoms with Crippen LogP contribution in [0.1, 0.15) is 19.3 Å². The summed E-state index contributed by atoms with van der Waals surface area (Å²) < 4.78 is 4.92. The van der Waals surface area contributed by atoms with Gasteiger partial charge in [0.05, 0.1) is 18.9 Å². The van der Waals surface area contributed by atoms with Crippen LogP contribution in [0.2, 0.25) is 0 Å². The van der Waals surface area contributed by atoms with E-state index < -0.39 is 5.97 Å². The van der Waals surface area contributed by atoms with E-state index in [2.05, 4.69) is 15.5 Å². The molecule has 0 aliphatic carbocycles. The fourth-order valence-electron chi connectivity index (χ4n) is 1.59. The predicted molar refractivity (Wildman–Crippen MR) is 53.9 cm³/mol. The monoisotopic (exact) mass is 225 g/mol. The number of nitrogens with one attached hydrogen (secondary N) is 1. The highest BCUT2D eigenvalue weighted by Gasteiger charge is 2.35. The molecule has 0 radical (unpaired) electrons. The number of aliphatic carboxylic acids is 1. The maximum atomic E-state index is 11.0. The Kier molecular flexibility index (Phi) is 2.84. The third-order valence-corrected chi connectivity index (χ3v) is 2.37. The van der Waals surface area contributed by atoms with Gasteiger partial charge in [0.15, 0.2) is 0 Å². The molecule has 2 N–H and O–H groups in total. The minimum absolute atomic E-state index is 0.0208. The van der Waals surface area contributed by atoms with Crippen LogP contribution in [-0.2, 0) is 14.3 Å². The quantitative estimate of drug-likeness (QED) is 0.644. The molecule has 86 valence electrons. The molecule has 1 atom stereocenters. The van der Waals surface area contributed by atoms with Gasteiger partial charge in [-0.05, 0) is 6.42 Å². The van der Waals surface area contributed by atoms with Gasteiger partial charge in [-0.1, -0.05) is 0 Å². The van der Waals surface area contributed by atoms with Crippen molar-refractivity contribution in [2.75, 3.05) is 6.54 Å². The first-order valence-corrected chi connectivity index (χ1v) is 4.97. The van der Waals surface area contributed by atoms with Crippen molar-refractivity contribution in [1.82, 2.24) is 5.43 Å². The van der Waals surface area contributed by atoms with E-state index in [0.29, 0.717) is 24.6 Å². The Hall–Kier alpha value is -1.92. The van der Waals surface area contributed by atoms with Crippen molar-refractivity contribution >= 4 is 23.7 Å². The molecule has 0 bridgehead atoms. The lowest BCUT2D eigenvalue weighted by molar-refractivity contribution is -0.138. The number of fused-ring (bicyclic) bond motifs is 1. The molecule has 7 nitrogen and oxygen atoms in total. The molecule has 0 amide bonds. The van der Waals surface area contributed by atoms with E-state index in [0.717, 1.165) is 0 Å². The Bertz CT molecular complexity index is 388. The van der Waals surface area contributed by atoms with Crippen molar-refractivity contribution in [2.45, 2.75) is 19.3 Å². The summed E-state index contributed by atoms with van der Waals surface area (Å²) in [6.07, 6.45) is 0.924. The van der Waals surface area contributed by atoms with Crippen LogP contribution in [0.3, 0.4) is 0 Å². The highest BCUT2D eigenvalue weighted by atomic mass is 16.5. The minimum atomic E-state index is -0.890. The molecule has 2 heterocycles. The van der Waals surface area contributed by atoms with Crippen LogP contribution in [0.5, 0.6) is 0 Å².